The molecule has 4 heteroatoms. The Bertz CT molecular complexity index is 363. The Kier molecular flexibility index (Phi) is 3.46. The molecule has 1 heterocycles. The molecule has 1 fully saturated rings. The quantitative estimate of drug-likeness (QED) is 0.887. The minimum Gasteiger partial charge on any atom is -0.348 e. The van der Waals surface area contributed by atoms with Crippen LogP contribution in [0.15, 0.2) is 15.9 Å². The van der Waals surface area contributed by atoms with E-state index in [9.17, 15) is 4.79 Å². The van der Waals surface area contributed by atoms with Crippen LogP contribution >= 0.6 is 27.3 Å². The molecule has 1 amide bonds. The number of nitrogens with one attached hydrogen (secondary N) is 1. The van der Waals surface area contributed by atoms with Crippen LogP contribution in [0.4, 0.5) is 0 Å². The predicted octanol–water partition coefficient (Wildman–Crippen LogP) is 3.43. The van der Waals surface area contributed by atoms with Crippen LogP contribution in [0.2, 0.25) is 0 Å². The smallest absolute Gasteiger partial charge is 0.262 e. The highest BCUT2D eigenvalue weighted by Gasteiger charge is 2.25. The molecule has 1 N–H and O–H groups in total. The van der Waals surface area contributed by atoms with E-state index in [1.54, 1.807) is 0 Å². The van der Waals surface area contributed by atoms with Crippen LogP contribution in [0, 0.1) is 5.92 Å². The van der Waals surface area contributed by atoms with Crippen LogP contribution in [0.1, 0.15) is 35.9 Å². The Morgan fingerprint density at radius 3 is 2.93 bits per heavy atom. The molecule has 1 aromatic rings. The van der Waals surface area contributed by atoms with Gasteiger partial charge < -0.3 is 5.32 Å². The maximum Gasteiger partial charge on any atom is 0.262 e. The van der Waals surface area contributed by atoms with Crippen molar-refractivity contribution >= 4 is 33.2 Å². The molecule has 1 aliphatic carbocycles. The fourth-order valence-electron chi connectivity index (χ4n) is 2.05. The van der Waals surface area contributed by atoms with Crippen molar-refractivity contribution in [2.75, 3.05) is 0 Å². The summed E-state index contributed by atoms with van der Waals surface area (Å²) in [7, 11) is 0. The first-order valence-corrected chi connectivity index (χ1v) is 6.89. The Morgan fingerprint density at radius 2 is 2.40 bits per heavy atom. The Morgan fingerprint density at radius 1 is 1.60 bits per heavy atom. The van der Waals surface area contributed by atoms with Crippen LogP contribution in [-0.4, -0.2) is 11.9 Å². The van der Waals surface area contributed by atoms with E-state index in [2.05, 4.69) is 28.2 Å². The number of hydrogen-bond acceptors (Lipinski definition) is 2. The van der Waals surface area contributed by atoms with Gasteiger partial charge in [-0.1, -0.05) is 13.3 Å². The van der Waals surface area contributed by atoms with Crippen LogP contribution < -0.4 is 5.32 Å². The van der Waals surface area contributed by atoms with Crippen LogP contribution in [0.3, 0.4) is 0 Å². The van der Waals surface area contributed by atoms with E-state index in [1.807, 2.05) is 11.4 Å². The molecule has 2 unspecified atom stereocenters. The highest BCUT2D eigenvalue weighted by atomic mass is 79.9. The van der Waals surface area contributed by atoms with Gasteiger partial charge >= 0.3 is 0 Å². The lowest BCUT2D eigenvalue weighted by molar-refractivity contribution is 0.0933. The summed E-state index contributed by atoms with van der Waals surface area (Å²) in [5.74, 6) is 0.684. The number of hydrogen-bond donors (Lipinski definition) is 1. The van der Waals surface area contributed by atoms with Gasteiger partial charge in [0, 0.05) is 10.5 Å². The normalized spacial score (nSPS) is 25.5. The van der Waals surface area contributed by atoms with Crippen molar-refractivity contribution < 1.29 is 4.79 Å². The molecule has 1 aliphatic rings. The largest absolute Gasteiger partial charge is 0.348 e. The molecule has 0 aromatic carbocycles. The van der Waals surface area contributed by atoms with Crippen molar-refractivity contribution in [3.63, 3.8) is 0 Å². The molecule has 0 radical (unpaired) electrons. The number of carbonyl (C=O) groups excluding carboxylic acids is 1. The summed E-state index contributed by atoms with van der Waals surface area (Å²) >= 11 is 4.86. The van der Waals surface area contributed by atoms with E-state index in [0.717, 1.165) is 15.8 Å². The van der Waals surface area contributed by atoms with Gasteiger partial charge in [0.05, 0.1) is 0 Å². The van der Waals surface area contributed by atoms with Gasteiger partial charge in [0.15, 0.2) is 0 Å². The molecular formula is C11H14BrNOS. The monoisotopic (exact) mass is 287 g/mol. The molecule has 0 saturated heterocycles. The van der Waals surface area contributed by atoms with E-state index in [0.29, 0.717) is 12.0 Å². The van der Waals surface area contributed by atoms with Crippen molar-refractivity contribution in [2.45, 2.75) is 32.2 Å². The Balaban J connectivity index is 2.01. The fourth-order valence-corrected chi connectivity index (χ4v) is 3.50. The van der Waals surface area contributed by atoms with Gasteiger partial charge in [-0.3, -0.25) is 4.79 Å². The van der Waals surface area contributed by atoms with Crippen LogP contribution in [0.5, 0.6) is 0 Å². The van der Waals surface area contributed by atoms with Crippen molar-refractivity contribution in [1.82, 2.24) is 5.32 Å². The van der Waals surface area contributed by atoms with Crippen LogP contribution in [-0.2, 0) is 0 Å². The summed E-state index contributed by atoms with van der Waals surface area (Å²) in [6, 6.07) is 2.28. The van der Waals surface area contributed by atoms with Crippen molar-refractivity contribution in [3.05, 3.63) is 20.8 Å². The van der Waals surface area contributed by atoms with Gasteiger partial charge in [-0.25, -0.2) is 0 Å². The molecule has 15 heavy (non-hydrogen) atoms. The highest BCUT2D eigenvalue weighted by Crippen LogP contribution is 2.27. The average Bonchev–Trinajstić information content (AvgIpc) is 2.76. The standard InChI is InChI=1S/C11H14BrNOS/c1-7-3-2-4-9(7)13-11(14)10-8(12)5-6-15-10/h5-7,9H,2-4H2,1H3,(H,13,14). The summed E-state index contributed by atoms with van der Waals surface area (Å²) in [6.45, 7) is 2.21. The number of halogens is 1. The van der Waals surface area contributed by atoms with E-state index >= 15 is 0 Å². The van der Waals surface area contributed by atoms with Crippen molar-refractivity contribution in [3.8, 4) is 0 Å². The summed E-state index contributed by atoms with van der Waals surface area (Å²) < 4.78 is 0.899. The number of thiophene rings is 1. The maximum absolute atomic E-state index is 11.9. The number of amides is 1. The first-order chi connectivity index (χ1) is 7.18. The van der Waals surface area contributed by atoms with Crippen LogP contribution in [0.25, 0.3) is 0 Å². The third kappa shape index (κ3) is 2.42. The summed E-state index contributed by atoms with van der Waals surface area (Å²) in [6.07, 6.45) is 3.59. The van der Waals surface area contributed by atoms with E-state index in [-0.39, 0.29) is 5.91 Å². The minimum atomic E-state index is 0.0654. The first kappa shape index (κ1) is 11.1. The zero-order valence-electron chi connectivity index (χ0n) is 8.63. The molecule has 82 valence electrons. The minimum absolute atomic E-state index is 0.0654. The SMILES string of the molecule is CC1CCCC1NC(=O)c1sccc1Br. The second kappa shape index (κ2) is 4.66. The van der Waals surface area contributed by atoms with Crippen molar-refractivity contribution in [1.29, 1.82) is 0 Å². The summed E-state index contributed by atoms with van der Waals surface area (Å²) in [5.41, 5.74) is 0. The van der Waals surface area contributed by atoms with Gasteiger partial charge in [0.1, 0.15) is 4.88 Å². The molecule has 0 aliphatic heterocycles. The second-order valence-electron chi connectivity index (χ2n) is 4.09. The Labute approximate surface area is 102 Å². The van der Waals surface area contributed by atoms with Gasteiger partial charge in [-0.15, -0.1) is 11.3 Å². The molecule has 2 nitrogen and oxygen atoms in total. The molecular weight excluding hydrogens is 274 g/mol. The molecule has 2 rings (SSSR count). The topological polar surface area (TPSA) is 29.1 Å². The third-order valence-electron chi connectivity index (χ3n) is 3.00. The van der Waals surface area contributed by atoms with Gasteiger partial charge in [-0.2, -0.15) is 0 Å². The molecule has 2 atom stereocenters. The Hall–Kier alpha value is -0.350. The van der Waals surface area contributed by atoms with Gasteiger partial charge in [0.25, 0.3) is 5.91 Å². The zero-order valence-corrected chi connectivity index (χ0v) is 11.0. The van der Waals surface area contributed by atoms with E-state index < -0.39 is 0 Å². The van der Waals surface area contributed by atoms with Gasteiger partial charge in [-0.05, 0) is 46.1 Å². The lowest BCUT2D eigenvalue weighted by Gasteiger charge is -2.16. The first-order valence-electron chi connectivity index (χ1n) is 5.22. The number of rotatable bonds is 2. The lowest BCUT2D eigenvalue weighted by atomic mass is 10.1. The predicted molar refractivity (Wildman–Crippen MR) is 66.3 cm³/mol. The lowest BCUT2D eigenvalue weighted by Crippen LogP contribution is -2.36. The zero-order chi connectivity index (χ0) is 10.8. The third-order valence-corrected chi connectivity index (χ3v) is 4.84. The number of carbonyl (C=O) groups is 1. The highest BCUT2D eigenvalue weighted by molar-refractivity contribution is 9.10. The molecule has 1 saturated carbocycles. The summed E-state index contributed by atoms with van der Waals surface area (Å²) in [5, 5.41) is 5.04. The fraction of sp³-hybridized carbons (Fsp3) is 0.545. The van der Waals surface area contributed by atoms with E-state index in [1.165, 1.54) is 24.2 Å². The van der Waals surface area contributed by atoms with Crippen molar-refractivity contribution in [2.24, 2.45) is 5.92 Å². The maximum atomic E-state index is 11.9. The second-order valence-corrected chi connectivity index (χ2v) is 5.86. The molecule has 0 bridgehead atoms. The summed E-state index contributed by atoms with van der Waals surface area (Å²) in [4.78, 5) is 12.7. The van der Waals surface area contributed by atoms with Gasteiger partial charge in [0.2, 0.25) is 0 Å². The average molecular weight is 288 g/mol. The molecule has 0 spiro atoms. The molecule has 1 aromatic heterocycles. The van der Waals surface area contributed by atoms with E-state index in [4.69, 9.17) is 0 Å².